The van der Waals surface area contributed by atoms with Crippen LogP contribution in [0.3, 0.4) is 0 Å². The number of hydrogen-bond acceptors (Lipinski definition) is 4. The molecule has 1 heterocycles. The number of carbonyl (C=O) groups excluding carboxylic acids is 2. The largest absolute Gasteiger partial charge is 0.510 e. The molecule has 0 atom stereocenters. The lowest BCUT2D eigenvalue weighted by molar-refractivity contribution is -0.114. The predicted octanol–water partition coefficient (Wildman–Crippen LogP) is 1.46. The molecule has 6 heteroatoms. The highest BCUT2D eigenvalue weighted by atomic mass is 16.3. The maximum atomic E-state index is 12.0. The Kier molecular flexibility index (Phi) is 4.05. The monoisotopic (exact) mass is 283 g/mol. The minimum Gasteiger partial charge on any atom is -0.510 e. The minimum absolute atomic E-state index is 0.00870. The summed E-state index contributed by atoms with van der Waals surface area (Å²) in [6.45, 7) is 1.61. The van der Waals surface area contributed by atoms with Crippen LogP contribution in [-0.4, -0.2) is 29.7 Å². The van der Waals surface area contributed by atoms with Crippen molar-refractivity contribution >= 4 is 29.4 Å². The summed E-state index contributed by atoms with van der Waals surface area (Å²) in [7, 11) is 0. The Morgan fingerprint density at radius 3 is 2.62 bits per heavy atom. The Bertz CT molecular complexity index is 693. The molecule has 0 bridgehead atoms. The van der Waals surface area contributed by atoms with E-state index < -0.39 is 11.8 Å². The smallest absolute Gasteiger partial charge is 0.300 e. The summed E-state index contributed by atoms with van der Waals surface area (Å²) in [5.74, 6) is 3.91. The van der Waals surface area contributed by atoms with Crippen LogP contribution in [0.5, 0.6) is 0 Å². The number of nitrogens with zero attached hydrogens (tertiary/aromatic N) is 1. The van der Waals surface area contributed by atoms with Crippen molar-refractivity contribution in [3.63, 3.8) is 0 Å². The maximum Gasteiger partial charge on any atom is 0.300 e. The van der Waals surface area contributed by atoms with Crippen LogP contribution in [0.2, 0.25) is 0 Å². The van der Waals surface area contributed by atoms with Gasteiger partial charge in [-0.05, 0) is 37.1 Å². The van der Waals surface area contributed by atoms with Crippen molar-refractivity contribution in [1.29, 1.82) is 5.41 Å². The van der Waals surface area contributed by atoms with Gasteiger partial charge in [0.1, 0.15) is 5.76 Å². The van der Waals surface area contributed by atoms with Crippen molar-refractivity contribution in [2.45, 2.75) is 6.92 Å². The maximum absolute atomic E-state index is 12.0. The van der Waals surface area contributed by atoms with E-state index in [1.165, 1.54) is 4.90 Å². The highest BCUT2D eigenvalue weighted by Crippen LogP contribution is 2.25. The van der Waals surface area contributed by atoms with Crippen molar-refractivity contribution in [3.8, 4) is 11.8 Å². The lowest BCUT2D eigenvalue weighted by Crippen LogP contribution is -2.27. The van der Waals surface area contributed by atoms with E-state index in [1.807, 2.05) is 0 Å². The lowest BCUT2D eigenvalue weighted by Gasteiger charge is -2.16. The Morgan fingerprint density at radius 1 is 1.43 bits per heavy atom. The number of amides is 2. The summed E-state index contributed by atoms with van der Waals surface area (Å²) >= 11 is 0. The molecule has 1 aliphatic heterocycles. The fourth-order valence-corrected chi connectivity index (χ4v) is 1.93. The fraction of sp³-hybridized carbons (Fsp3) is 0.133. The number of hydrogen-bond donors (Lipinski definition) is 3. The first-order valence-corrected chi connectivity index (χ1v) is 6.15. The molecule has 3 N–H and O–H groups in total. The lowest BCUT2D eigenvalue weighted by atomic mass is 10.2. The fourth-order valence-electron chi connectivity index (χ4n) is 1.93. The van der Waals surface area contributed by atoms with Gasteiger partial charge < -0.3 is 20.7 Å². The molecule has 1 aliphatic rings. The van der Waals surface area contributed by atoms with Gasteiger partial charge >= 0.3 is 0 Å². The molecule has 2 amide bonds. The van der Waals surface area contributed by atoms with Gasteiger partial charge in [-0.2, -0.15) is 0 Å². The zero-order valence-corrected chi connectivity index (χ0v) is 11.3. The van der Waals surface area contributed by atoms with Crippen molar-refractivity contribution in [3.05, 3.63) is 35.6 Å². The zero-order valence-electron chi connectivity index (χ0n) is 11.3. The second-order valence-electron chi connectivity index (χ2n) is 4.27. The highest BCUT2D eigenvalue weighted by molar-refractivity contribution is 6.21. The van der Waals surface area contributed by atoms with Gasteiger partial charge in [-0.3, -0.25) is 9.59 Å². The van der Waals surface area contributed by atoms with E-state index in [2.05, 4.69) is 17.2 Å². The first-order chi connectivity index (χ1) is 10.1. The molecule has 0 spiro atoms. The molecular weight excluding hydrogens is 270 g/mol. The van der Waals surface area contributed by atoms with Gasteiger partial charge in [-0.15, -0.1) is 0 Å². The molecule has 21 heavy (non-hydrogen) atoms. The average Bonchev–Trinajstić information content (AvgIpc) is 2.74. The Hall–Kier alpha value is -3.07. The van der Waals surface area contributed by atoms with Gasteiger partial charge in [0.2, 0.25) is 0 Å². The van der Waals surface area contributed by atoms with Crippen LogP contribution in [0.25, 0.3) is 0 Å². The first-order valence-electron chi connectivity index (χ1n) is 6.15. The normalized spacial score (nSPS) is 13.8. The third-order valence-corrected chi connectivity index (χ3v) is 2.91. The Labute approximate surface area is 121 Å². The number of aliphatic hydroxyl groups is 1. The number of nitrogens with one attached hydrogen (secondary N) is 2. The molecule has 0 fully saturated rings. The van der Waals surface area contributed by atoms with E-state index in [1.54, 1.807) is 31.2 Å². The van der Waals surface area contributed by atoms with Crippen LogP contribution in [0, 0.1) is 17.3 Å². The molecule has 0 saturated heterocycles. The highest BCUT2D eigenvalue weighted by Gasteiger charge is 2.29. The standard InChI is InChI=1S/C15H13N3O3/c1-2-3-14(20)17-10-4-6-11(7-5-10)18-9-13(19)12(8-16)15(18)21/h4-8,16,19H,9H2,1H3,(H,17,20). The van der Waals surface area contributed by atoms with E-state index >= 15 is 0 Å². The van der Waals surface area contributed by atoms with Gasteiger partial charge in [0, 0.05) is 17.6 Å². The van der Waals surface area contributed by atoms with Crippen LogP contribution in [0.4, 0.5) is 11.4 Å². The number of carbonyl (C=O) groups is 2. The quantitative estimate of drug-likeness (QED) is 0.579. The summed E-state index contributed by atoms with van der Waals surface area (Å²) in [6.07, 6.45) is 0.843. The molecule has 0 saturated carbocycles. The minimum atomic E-state index is -0.420. The number of benzene rings is 1. The summed E-state index contributed by atoms with van der Waals surface area (Å²) < 4.78 is 0. The summed E-state index contributed by atoms with van der Waals surface area (Å²) in [5.41, 5.74) is 1.12. The second kappa shape index (κ2) is 5.92. The van der Waals surface area contributed by atoms with Gasteiger partial charge in [0.15, 0.2) is 0 Å². The predicted molar refractivity (Wildman–Crippen MR) is 79.3 cm³/mol. The molecule has 1 aromatic carbocycles. The number of anilines is 2. The van der Waals surface area contributed by atoms with E-state index in [-0.39, 0.29) is 17.9 Å². The third kappa shape index (κ3) is 2.92. The number of aliphatic hydroxyl groups excluding tert-OH is 1. The number of rotatable bonds is 3. The molecule has 1 aromatic rings. The van der Waals surface area contributed by atoms with Crippen LogP contribution in [0.1, 0.15) is 6.92 Å². The van der Waals surface area contributed by atoms with Crippen LogP contribution in [-0.2, 0) is 9.59 Å². The van der Waals surface area contributed by atoms with Crippen molar-refractivity contribution < 1.29 is 14.7 Å². The van der Waals surface area contributed by atoms with Crippen molar-refractivity contribution in [1.82, 2.24) is 0 Å². The molecule has 6 nitrogen and oxygen atoms in total. The topological polar surface area (TPSA) is 93.5 Å². The van der Waals surface area contributed by atoms with Gasteiger partial charge in [-0.25, -0.2) is 0 Å². The molecule has 0 aliphatic carbocycles. The van der Waals surface area contributed by atoms with E-state index in [0.717, 1.165) is 6.21 Å². The molecular formula is C15H13N3O3. The van der Waals surface area contributed by atoms with Crippen LogP contribution < -0.4 is 10.2 Å². The molecule has 106 valence electrons. The first kappa shape index (κ1) is 14.3. The molecule has 2 rings (SSSR count). The SMILES string of the molecule is CC#CC(=O)Nc1ccc(N2CC(O)=C(C=N)C2=O)cc1. The van der Waals surface area contributed by atoms with Crippen molar-refractivity contribution in [2.75, 3.05) is 16.8 Å². The van der Waals surface area contributed by atoms with Gasteiger partial charge in [0.05, 0.1) is 12.1 Å². The zero-order chi connectivity index (χ0) is 15.4. The van der Waals surface area contributed by atoms with Gasteiger partial charge in [0.25, 0.3) is 11.8 Å². The second-order valence-corrected chi connectivity index (χ2v) is 4.27. The summed E-state index contributed by atoms with van der Waals surface area (Å²) in [6, 6.07) is 6.56. The molecule has 0 unspecified atom stereocenters. The Morgan fingerprint density at radius 2 is 2.10 bits per heavy atom. The molecule has 0 radical (unpaired) electrons. The third-order valence-electron chi connectivity index (χ3n) is 2.91. The van der Waals surface area contributed by atoms with Gasteiger partial charge in [-0.1, -0.05) is 5.92 Å². The van der Waals surface area contributed by atoms with E-state index in [0.29, 0.717) is 11.4 Å². The van der Waals surface area contributed by atoms with Crippen LogP contribution >= 0.6 is 0 Å². The van der Waals surface area contributed by atoms with Crippen LogP contribution in [0.15, 0.2) is 35.6 Å². The van der Waals surface area contributed by atoms with Crippen molar-refractivity contribution in [2.24, 2.45) is 0 Å². The Balaban J connectivity index is 2.13. The average molecular weight is 283 g/mol. The van der Waals surface area contributed by atoms with E-state index in [4.69, 9.17) is 5.41 Å². The summed E-state index contributed by atoms with van der Waals surface area (Å²) in [4.78, 5) is 24.6. The van der Waals surface area contributed by atoms with E-state index in [9.17, 15) is 14.7 Å². The summed E-state index contributed by atoms with van der Waals surface area (Å²) in [5, 5.41) is 19.3. The molecule has 0 aromatic heterocycles.